The number of nitrogens with zero attached hydrogens (tertiary/aromatic N) is 3. The maximum atomic E-state index is 13.3. The first-order chi connectivity index (χ1) is 15.0. The Balaban J connectivity index is 1.38. The van der Waals surface area contributed by atoms with Gasteiger partial charge in [0.15, 0.2) is 0 Å². The van der Waals surface area contributed by atoms with Crippen molar-refractivity contribution in [2.24, 2.45) is 0 Å². The number of rotatable bonds is 7. The van der Waals surface area contributed by atoms with Crippen LogP contribution in [0.3, 0.4) is 0 Å². The average Bonchev–Trinajstić information content (AvgIpc) is 3.22. The summed E-state index contributed by atoms with van der Waals surface area (Å²) in [6.07, 6.45) is 2.51. The fourth-order valence-corrected chi connectivity index (χ4v) is 7.73. The number of ether oxygens (including phenoxy) is 2. The number of aromatic hydroxyl groups is 1. The lowest BCUT2D eigenvalue weighted by Gasteiger charge is -2.50. The number of piperazine rings is 1. The Morgan fingerprint density at radius 1 is 1.06 bits per heavy atom. The molecule has 8 nitrogen and oxygen atoms in total. The van der Waals surface area contributed by atoms with Gasteiger partial charge in [-0.2, -0.15) is 4.31 Å². The maximum absolute atomic E-state index is 13.3. The molecule has 0 amide bonds. The minimum Gasteiger partial charge on any atom is -0.508 e. The summed E-state index contributed by atoms with van der Waals surface area (Å²) in [4.78, 5) is 4.74. The van der Waals surface area contributed by atoms with Gasteiger partial charge in [-0.3, -0.25) is 4.90 Å². The number of sulfonamides is 1. The number of phenolic OH excluding ortho intramolecular Hbond substituents is 1. The van der Waals surface area contributed by atoms with Crippen molar-refractivity contribution in [1.29, 1.82) is 0 Å². The van der Waals surface area contributed by atoms with Gasteiger partial charge >= 0.3 is 0 Å². The highest BCUT2D eigenvalue weighted by molar-refractivity contribution is 8.14. The smallest absolute Gasteiger partial charge is 0.227 e. The van der Waals surface area contributed by atoms with Crippen LogP contribution in [-0.4, -0.2) is 98.0 Å². The van der Waals surface area contributed by atoms with Crippen molar-refractivity contribution >= 4 is 27.5 Å². The lowest BCUT2D eigenvalue weighted by Crippen LogP contribution is -2.65. The molecule has 4 heterocycles. The van der Waals surface area contributed by atoms with Gasteiger partial charge in [0.2, 0.25) is 10.0 Å². The van der Waals surface area contributed by atoms with Gasteiger partial charge in [-0.15, -0.1) is 11.8 Å². The van der Waals surface area contributed by atoms with E-state index in [-0.39, 0.29) is 11.8 Å². The van der Waals surface area contributed by atoms with Crippen LogP contribution in [0.4, 0.5) is 5.69 Å². The summed E-state index contributed by atoms with van der Waals surface area (Å²) in [7, 11) is -3.37. The van der Waals surface area contributed by atoms with Crippen molar-refractivity contribution < 1.29 is 23.0 Å². The molecule has 170 valence electrons. The van der Waals surface area contributed by atoms with E-state index in [9.17, 15) is 13.5 Å². The van der Waals surface area contributed by atoms with Crippen molar-refractivity contribution in [2.75, 3.05) is 57.5 Å². The van der Waals surface area contributed by atoms with E-state index >= 15 is 0 Å². The van der Waals surface area contributed by atoms with Crippen LogP contribution in [0, 0.1) is 0 Å². The molecule has 2 atom stereocenters. The van der Waals surface area contributed by atoms with E-state index < -0.39 is 14.6 Å². The maximum Gasteiger partial charge on any atom is 0.227 e. The minimum absolute atomic E-state index is 0.00799. The summed E-state index contributed by atoms with van der Waals surface area (Å²) in [5.74, 6) is 0.229. The number of anilines is 1. The number of benzene rings is 1. The van der Waals surface area contributed by atoms with E-state index in [1.54, 1.807) is 16.4 Å². The molecule has 1 N–H and O–H groups in total. The highest BCUT2D eigenvalue weighted by atomic mass is 32.3. The largest absolute Gasteiger partial charge is 0.508 e. The lowest BCUT2D eigenvalue weighted by atomic mass is 10.0. The molecule has 31 heavy (non-hydrogen) atoms. The highest BCUT2D eigenvalue weighted by Gasteiger charge is 2.42. The summed E-state index contributed by atoms with van der Waals surface area (Å²) >= 11 is 1.40. The van der Waals surface area contributed by atoms with Gasteiger partial charge in [0.1, 0.15) is 10.3 Å². The van der Waals surface area contributed by atoms with Crippen LogP contribution in [0.1, 0.15) is 6.42 Å². The normalized spacial score (nSPS) is 28.1. The second kappa shape index (κ2) is 8.92. The zero-order chi connectivity index (χ0) is 21.4. The van der Waals surface area contributed by atoms with E-state index in [4.69, 9.17) is 9.47 Å². The van der Waals surface area contributed by atoms with Crippen LogP contribution >= 0.6 is 11.8 Å². The molecule has 0 spiro atoms. The van der Waals surface area contributed by atoms with Gasteiger partial charge in [0.25, 0.3) is 0 Å². The second-order valence-electron chi connectivity index (χ2n) is 8.52. The molecule has 0 bridgehead atoms. The molecule has 3 fully saturated rings. The Labute approximate surface area is 187 Å². The Bertz CT molecular complexity index is 880. The van der Waals surface area contributed by atoms with Crippen LogP contribution in [0.25, 0.3) is 0 Å². The van der Waals surface area contributed by atoms with Crippen LogP contribution in [0.5, 0.6) is 5.75 Å². The zero-order valence-electron chi connectivity index (χ0n) is 17.4. The predicted octanol–water partition coefficient (Wildman–Crippen LogP) is 1.29. The Kier molecular flexibility index (Phi) is 6.19. The van der Waals surface area contributed by atoms with E-state index in [0.29, 0.717) is 38.1 Å². The molecule has 1 unspecified atom stereocenters. The SMILES string of the molecule is O=S(=O)(C1CC=CS1)N1CCN(c2ccc(O)cc2)[C@@H](CN(C2COC2)C2COC2)C1. The minimum atomic E-state index is -3.37. The molecule has 0 aromatic heterocycles. The molecular formula is C21H29N3O5S2. The Morgan fingerprint density at radius 2 is 1.74 bits per heavy atom. The third-order valence-corrected chi connectivity index (χ3v) is 10.4. The summed E-state index contributed by atoms with van der Waals surface area (Å²) in [5.41, 5.74) is 1.01. The molecule has 3 saturated heterocycles. The molecule has 1 aromatic rings. The van der Waals surface area contributed by atoms with E-state index in [2.05, 4.69) is 9.80 Å². The number of thioether (sulfide) groups is 1. The first kappa shape index (κ1) is 21.5. The third kappa shape index (κ3) is 4.34. The van der Waals surface area contributed by atoms with Crippen LogP contribution in [0.15, 0.2) is 35.7 Å². The molecule has 1 aromatic carbocycles. The van der Waals surface area contributed by atoms with Crippen molar-refractivity contribution in [3.8, 4) is 5.75 Å². The van der Waals surface area contributed by atoms with Crippen LogP contribution in [-0.2, 0) is 19.5 Å². The Morgan fingerprint density at radius 3 is 2.29 bits per heavy atom. The number of allylic oxidation sites excluding steroid dienone is 1. The molecular weight excluding hydrogens is 438 g/mol. The highest BCUT2D eigenvalue weighted by Crippen LogP contribution is 2.33. The molecule has 5 rings (SSSR count). The van der Waals surface area contributed by atoms with E-state index in [0.717, 1.165) is 38.7 Å². The van der Waals surface area contributed by atoms with Gasteiger partial charge < -0.3 is 19.5 Å². The van der Waals surface area contributed by atoms with E-state index in [1.807, 2.05) is 23.6 Å². The summed E-state index contributed by atoms with van der Waals surface area (Å²) < 4.78 is 38.7. The summed E-state index contributed by atoms with van der Waals surface area (Å²) in [6.45, 7) is 5.17. The van der Waals surface area contributed by atoms with Gasteiger partial charge in [-0.25, -0.2) is 8.42 Å². The molecule has 4 aliphatic heterocycles. The van der Waals surface area contributed by atoms with Crippen molar-refractivity contribution in [2.45, 2.75) is 29.1 Å². The van der Waals surface area contributed by atoms with Crippen molar-refractivity contribution in [3.05, 3.63) is 35.7 Å². The quantitative estimate of drug-likeness (QED) is 0.643. The first-order valence-electron chi connectivity index (χ1n) is 10.8. The predicted molar refractivity (Wildman–Crippen MR) is 121 cm³/mol. The topological polar surface area (TPSA) is 82.6 Å². The van der Waals surface area contributed by atoms with Crippen LogP contribution < -0.4 is 4.90 Å². The number of phenols is 1. The fourth-order valence-electron chi connectivity index (χ4n) is 4.59. The zero-order valence-corrected chi connectivity index (χ0v) is 19.0. The van der Waals surface area contributed by atoms with Crippen molar-refractivity contribution in [1.82, 2.24) is 9.21 Å². The molecule has 0 saturated carbocycles. The standard InChI is InChI=1S/C21H29N3O5S2/c25-20-5-3-16(4-6-20)23-8-7-22(31(26,27)21-2-1-9-30-21)10-17(23)11-24(18-12-28-13-18)19-14-29-15-19/h1,3-6,9,17-19,21,25H,2,7-8,10-15H2/t17-,21?/m1/s1. The van der Waals surface area contributed by atoms with Crippen LogP contribution in [0.2, 0.25) is 0 Å². The molecule has 0 radical (unpaired) electrons. The van der Waals surface area contributed by atoms with Gasteiger partial charge in [-0.05, 0) is 36.1 Å². The third-order valence-electron chi connectivity index (χ3n) is 6.57. The Hall–Kier alpha value is -1.30. The average molecular weight is 468 g/mol. The molecule has 10 heteroatoms. The monoisotopic (exact) mass is 467 g/mol. The van der Waals surface area contributed by atoms with Gasteiger partial charge in [0, 0.05) is 31.9 Å². The number of hydrogen-bond donors (Lipinski definition) is 1. The lowest BCUT2D eigenvalue weighted by molar-refractivity contribution is -0.139. The summed E-state index contributed by atoms with van der Waals surface area (Å²) in [6, 6.07) is 7.92. The van der Waals surface area contributed by atoms with Gasteiger partial charge in [-0.1, -0.05) is 6.08 Å². The van der Waals surface area contributed by atoms with Crippen molar-refractivity contribution in [3.63, 3.8) is 0 Å². The van der Waals surface area contributed by atoms with E-state index in [1.165, 1.54) is 11.8 Å². The molecule has 0 aliphatic carbocycles. The molecule has 4 aliphatic rings. The number of hydrogen-bond acceptors (Lipinski definition) is 8. The fraction of sp³-hybridized carbons (Fsp3) is 0.619. The first-order valence-corrected chi connectivity index (χ1v) is 13.2. The summed E-state index contributed by atoms with van der Waals surface area (Å²) in [5, 5.41) is 11.6. The second-order valence-corrected chi connectivity index (χ2v) is 12.0. The van der Waals surface area contributed by atoms with Gasteiger partial charge in [0.05, 0.1) is 44.6 Å².